The van der Waals surface area contributed by atoms with Crippen LogP contribution in [0.1, 0.15) is 13.8 Å². The van der Waals surface area contributed by atoms with Crippen molar-refractivity contribution in [3.8, 4) is 0 Å². The summed E-state index contributed by atoms with van der Waals surface area (Å²) in [7, 11) is 0. The van der Waals surface area contributed by atoms with Gasteiger partial charge in [-0.2, -0.15) is 0 Å². The molecule has 3 heterocycles. The lowest BCUT2D eigenvalue weighted by Gasteiger charge is -2.48. The highest BCUT2D eigenvalue weighted by molar-refractivity contribution is 4.95. The average molecular weight is 472 g/mol. The van der Waals surface area contributed by atoms with Gasteiger partial charge in [-0.1, -0.05) is 0 Å². The fourth-order valence-corrected chi connectivity index (χ4v) is 3.96. The van der Waals surface area contributed by atoms with E-state index < -0.39 is 98.7 Å². The number of rotatable bonds is 5. The molecule has 0 aromatic carbocycles. The van der Waals surface area contributed by atoms with Crippen LogP contribution in [0.4, 0.5) is 0 Å². The topological polar surface area (TPSA) is 228 Å². The van der Waals surface area contributed by atoms with E-state index in [2.05, 4.69) is 0 Å². The highest BCUT2D eigenvalue weighted by Gasteiger charge is 2.52. The second kappa shape index (κ2) is 10.4. The Bertz CT molecular complexity index is 608. The van der Waals surface area contributed by atoms with E-state index in [0.29, 0.717) is 0 Å². The Morgan fingerprint density at radius 1 is 0.562 bits per heavy atom. The minimum absolute atomic E-state index is 0.708. The van der Waals surface area contributed by atoms with Gasteiger partial charge in [-0.3, -0.25) is 0 Å². The third kappa shape index (κ3) is 4.94. The maximum atomic E-state index is 10.5. The molecule has 3 rings (SSSR count). The molecule has 0 bridgehead atoms. The van der Waals surface area contributed by atoms with E-state index in [1.807, 2.05) is 0 Å². The number of aliphatic hydroxyl groups excluding tert-OH is 9. The largest absolute Gasteiger partial charge is 0.394 e. The summed E-state index contributed by atoms with van der Waals surface area (Å²) in [6.07, 6.45) is -22.4. The molecule has 3 aliphatic rings. The molecule has 0 aromatic heterocycles. The number of ether oxygens (including phenoxy) is 5. The van der Waals surface area contributed by atoms with Crippen LogP contribution in [-0.4, -0.2) is 145 Å². The molecule has 0 aliphatic carbocycles. The molecule has 3 saturated heterocycles. The van der Waals surface area contributed by atoms with Crippen LogP contribution in [0.15, 0.2) is 0 Å². The molecule has 15 atom stereocenters. The minimum atomic E-state index is -1.79. The molecule has 14 heteroatoms. The Hall–Kier alpha value is -0.560. The van der Waals surface area contributed by atoms with Crippen LogP contribution in [0.25, 0.3) is 0 Å². The quantitative estimate of drug-likeness (QED) is 0.182. The van der Waals surface area contributed by atoms with E-state index in [9.17, 15) is 46.0 Å². The number of hydrogen-bond donors (Lipinski definition) is 9. The third-order valence-electron chi connectivity index (χ3n) is 6.01. The Morgan fingerprint density at radius 2 is 1.09 bits per heavy atom. The third-order valence-corrected chi connectivity index (χ3v) is 6.01. The van der Waals surface area contributed by atoms with E-state index in [4.69, 9.17) is 23.7 Å². The smallest absolute Gasteiger partial charge is 0.187 e. The Labute approximate surface area is 183 Å². The van der Waals surface area contributed by atoms with Gasteiger partial charge in [0, 0.05) is 0 Å². The SMILES string of the molecule is C[C@@H]1O[C@H](O[C@@H]2[C@@H](O[C@@H]3O[C@H](CO)[C@@H](O)[C@H](O)[C@H]3O)[C@@H](O)[C@H](O)O[C@H]2C)[C@@H](O)[C@H](O)[C@@H]1O. The summed E-state index contributed by atoms with van der Waals surface area (Å²) in [6, 6.07) is 0. The van der Waals surface area contributed by atoms with Crippen molar-refractivity contribution >= 4 is 0 Å². The molecule has 14 nitrogen and oxygen atoms in total. The number of hydrogen-bond acceptors (Lipinski definition) is 14. The van der Waals surface area contributed by atoms with Gasteiger partial charge in [0.15, 0.2) is 18.9 Å². The molecular weight excluding hydrogens is 440 g/mol. The zero-order chi connectivity index (χ0) is 23.9. The average Bonchev–Trinajstić information content (AvgIpc) is 2.76. The van der Waals surface area contributed by atoms with E-state index in [1.54, 1.807) is 0 Å². The van der Waals surface area contributed by atoms with Gasteiger partial charge in [-0.25, -0.2) is 0 Å². The molecule has 0 amide bonds. The first-order valence-electron chi connectivity index (χ1n) is 10.3. The summed E-state index contributed by atoms with van der Waals surface area (Å²) in [5.41, 5.74) is 0. The molecule has 9 N–H and O–H groups in total. The molecule has 0 saturated carbocycles. The van der Waals surface area contributed by atoms with Gasteiger partial charge in [-0.15, -0.1) is 0 Å². The van der Waals surface area contributed by atoms with Crippen LogP contribution >= 0.6 is 0 Å². The molecule has 0 unspecified atom stereocenters. The summed E-state index contributed by atoms with van der Waals surface area (Å²) in [4.78, 5) is 0. The maximum Gasteiger partial charge on any atom is 0.187 e. The molecular formula is C18H32O14. The molecule has 32 heavy (non-hydrogen) atoms. The van der Waals surface area contributed by atoms with Crippen LogP contribution in [0.5, 0.6) is 0 Å². The van der Waals surface area contributed by atoms with E-state index in [-0.39, 0.29) is 0 Å². The number of aliphatic hydroxyl groups is 9. The van der Waals surface area contributed by atoms with Crippen molar-refractivity contribution in [1.82, 2.24) is 0 Å². The molecule has 0 spiro atoms. The predicted molar refractivity (Wildman–Crippen MR) is 98.4 cm³/mol. The van der Waals surface area contributed by atoms with Gasteiger partial charge in [0.1, 0.15) is 61.0 Å². The van der Waals surface area contributed by atoms with E-state index in [1.165, 1.54) is 13.8 Å². The Morgan fingerprint density at radius 3 is 1.69 bits per heavy atom. The fourth-order valence-electron chi connectivity index (χ4n) is 3.96. The van der Waals surface area contributed by atoms with Crippen molar-refractivity contribution in [2.45, 2.75) is 106 Å². The fraction of sp³-hybridized carbons (Fsp3) is 1.00. The van der Waals surface area contributed by atoms with Gasteiger partial charge < -0.3 is 69.6 Å². The van der Waals surface area contributed by atoms with E-state index in [0.717, 1.165) is 0 Å². The van der Waals surface area contributed by atoms with Crippen LogP contribution in [0.2, 0.25) is 0 Å². The van der Waals surface area contributed by atoms with Gasteiger partial charge in [0.05, 0.1) is 18.8 Å². The van der Waals surface area contributed by atoms with Crippen LogP contribution < -0.4 is 0 Å². The van der Waals surface area contributed by atoms with Gasteiger partial charge >= 0.3 is 0 Å². The normalized spacial score (nSPS) is 55.0. The summed E-state index contributed by atoms with van der Waals surface area (Å²) in [5, 5.41) is 90.0. The van der Waals surface area contributed by atoms with Crippen molar-refractivity contribution in [2.75, 3.05) is 6.61 Å². The molecule has 0 radical (unpaired) electrons. The molecule has 0 aromatic rings. The van der Waals surface area contributed by atoms with Crippen LogP contribution in [0, 0.1) is 0 Å². The molecule has 3 aliphatic heterocycles. The predicted octanol–water partition coefficient (Wildman–Crippen LogP) is -5.52. The zero-order valence-electron chi connectivity index (χ0n) is 17.4. The van der Waals surface area contributed by atoms with Gasteiger partial charge in [0.25, 0.3) is 0 Å². The summed E-state index contributed by atoms with van der Waals surface area (Å²) >= 11 is 0. The Kier molecular flexibility index (Phi) is 8.44. The van der Waals surface area contributed by atoms with Gasteiger partial charge in [-0.05, 0) is 13.8 Å². The summed E-state index contributed by atoms with van der Waals surface area (Å²) < 4.78 is 27.2. The first-order valence-corrected chi connectivity index (χ1v) is 10.3. The second-order valence-corrected chi connectivity index (χ2v) is 8.30. The van der Waals surface area contributed by atoms with Gasteiger partial charge in [0.2, 0.25) is 0 Å². The zero-order valence-corrected chi connectivity index (χ0v) is 17.4. The van der Waals surface area contributed by atoms with Crippen molar-refractivity contribution in [3.63, 3.8) is 0 Å². The van der Waals surface area contributed by atoms with Crippen molar-refractivity contribution in [1.29, 1.82) is 0 Å². The van der Waals surface area contributed by atoms with Crippen molar-refractivity contribution < 1.29 is 69.6 Å². The minimum Gasteiger partial charge on any atom is -0.394 e. The monoisotopic (exact) mass is 472 g/mol. The summed E-state index contributed by atoms with van der Waals surface area (Å²) in [6.45, 7) is 2.19. The maximum absolute atomic E-state index is 10.5. The lowest BCUT2D eigenvalue weighted by Crippen LogP contribution is -2.66. The van der Waals surface area contributed by atoms with Crippen LogP contribution in [-0.2, 0) is 23.7 Å². The molecule has 188 valence electrons. The highest BCUT2D eigenvalue weighted by atomic mass is 16.8. The van der Waals surface area contributed by atoms with E-state index >= 15 is 0 Å². The standard InChI is InChI=1S/C18H32O14/c1-4-7(20)9(22)11(24)17(29-4)31-14-5(2)28-16(27)13(26)15(14)32-18-12(25)10(23)8(21)6(3-19)30-18/h4-27H,3H2,1-2H3/t4-,5-,6+,7+,8+,9+,10-,11-,12+,13+,14-,15-,16+,17+,18-/m0/s1. The summed E-state index contributed by atoms with van der Waals surface area (Å²) in [5.74, 6) is 0. The van der Waals surface area contributed by atoms with Crippen molar-refractivity contribution in [2.24, 2.45) is 0 Å². The molecule has 3 fully saturated rings. The second-order valence-electron chi connectivity index (χ2n) is 8.30. The first-order chi connectivity index (χ1) is 15.0. The Balaban J connectivity index is 1.79. The van der Waals surface area contributed by atoms with Crippen LogP contribution in [0.3, 0.4) is 0 Å². The lowest BCUT2D eigenvalue weighted by atomic mass is 9.96. The highest BCUT2D eigenvalue weighted by Crippen LogP contribution is 2.32. The first kappa shape index (κ1) is 26.1. The van der Waals surface area contributed by atoms with Crippen molar-refractivity contribution in [3.05, 3.63) is 0 Å². The lowest BCUT2D eigenvalue weighted by molar-refractivity contribution is -0.379.